The van der Waals surface area contributed by atoms with Crippen LogP contribution in [-0.4, -0.2) is 42.9 Å². The fourth-order valence-electron chi connectivity index (χ4n) is 4.25. The summed E-state index contributed by atoms with van der Waals surface area (Å²) in [5.74, 6) is -0.170. The van der Waals surface area contributed by atoms with E-state index >= 15 is 0 Å². The van der Waals surface area contributed by atoms with Crippen molar-refractivity contribution < 1.29 is 28.9 Å². The third-order valence-electron chi connectivity index (χ3n) is 6.78. The van der Waals surface area contributed by atoms with Gasteiger partial charge in [-0.05, 0) is 67.0 Å². The van der Waals surface area contributed by atoms with E-state index in [1.165, 1.54) is 0 Å². The molecule has 7 heteroatoms. The van der Waals surface area contributed by atoms with Crippen LogP contribution in [0, 0.1) is 12.3 Å². The molecule has 0 saturated heterocycles. The Hall–Kier alpha value is -3.06. The molecule has 0 aliphatic carbocycles. The lowest BCUT2D eigenvalue weighted by atomic mass is 9.70. The number of hydrogen-bond donors (Lipinski definition) is 2. The van der Waals surface area contributed by atoms with Crippen LogP contribution in [0.5, 0.6) is 11.5 Å². The highest BCUT2D eigenvalue weighted by Crippen LogP contribution is 2.41. The van der Waals surface area contributed by atoms with Crippen LogP contribution in [0.3, 0.4) is 0 Å². The van der Waals surface area contributed by atoms with E-state index < -0.39 is 18.0 Å². The van der Waals surface area contributed by atoms with E-state index in [4.69, 9.17) is 19.9 Å². The van der Waals surface area contributed by atoms with E-state index in [1.807, 2.05) is 45.9 Å². The number of carbonyl (C=O) groups is 2. The minimum Gasteiger partial charge on any atom is -0.491 e. The van der Waals surface area contributed by atoms with E-state index in [0.717, 1.165) is 35.3 Å². The van der Waals surface area contributed by atoms with Crippen molar-refractivity contribution in [2.24, 2.45) is 11.1 Å². The van der Waals surface area contributed by atoms with Gasteiger partial charge in [0, 0.05) is 5.41 Å². The van der Waals surface area contributed by atoms with Gasteiger partial charge < -0.3 is 25.1 Å². The quantitative estimate of drug-likeness (QED) is 0.401. The molecule has 0 saturated carbocycles. The van der Waals surface area contributed by atoms with Crippen LogP contribution in [0.25, 0.3) is 0 Å². The number of nitrogens with two attached hydrogens (primary N) is 1. The summed E-state index contributed by atoms with van der Waals surface area (Å²) in [5.41, 5.74) is 8.23. The molecular formula is C29H41NO6. The molecule has 0 aromatic heterocycles. The zero-order valence-electron chi connectivity index (χ0n) is 22.6. The van der Waals surface area contributed by atoms with Gasteiger partial charge >= 0.3 is 5.97 Å². The Bertz CT molecular complexity index is 1050. The lowest BCUT2D eigenvalue weighted by molar-refractivity contribution is -0.145. The summed E-state index contributed by atoms with van der Waals surface area (Å²) in [4.78, 5) is 24.0. The predicted molar refractivity (Wildman–Crippen MR) is 141 cm³/mol. The summed E-state index contributed by atoms with van der Waals surface area (Å²) in [5, 5.41) is 10.3. The summed E-state index contributed by atoms with van der Waals surface area (Å²) >= 11 is 0. The molecule has 36 heavy (non-hydrogen) atoms. The molecule has 2 rings (SSSR count). The zero-order chi connectivity index (χ0) is 27.1. The van der Waals surface area contributed by atoms with Crippen LogP contribution in [0.4, 0.5) is 0 Å². The molecule has 7 nitrogen and oxygen atoms in total. The van der Waals surface area contributed by atoms with E-state index in [0.29, 0.717) is 0 Å². The van der Waals surface area contributed by atoms with Gasteiger partial charge in [-0.3, -0.25) is 4.79 Å². The Balaban J connectivity index is 2.40. The second-order valence-corrected chi connectivity index (χ2v) is 10.1. The number of hydrogen-bond acceptors (Lipinski definition) is 6. The first-order valence-electron chi connectivity index (χ1n) is 12.5. The average molecular weight is 500 g/mol. The molecule has 0 heterocycles. The third kappa shape index (κ3) is 6.78. The van der Waals surface area contributed by atoms with Crippen LogP contribution < -0.4 is 15.2 Å². The number of ether oxygens (including phenoxy) is 3. The van der Waals surface area contributed by atoms with Gasteiger partial charge in [0.25, 0.3) is 5.91 Å². The standard InChI is InChI=1S/C29H41NO6/c1-8-29(9-2,20-11-13-23(19(4)15-20)35-17-25(31)28(5,6)7)21-12-14-24(22(16-21)27(30)33)36-18-26(32)34-10-3/h11-16,25,31H,8-10,17-18H2,1-7H3,(H2,30,33). The molecule has 3 N–H and O–H groups in total. The van der Waals surface area contributed by atoms with Gasteiger partial charge in [0.15, 0.2) is 6.61 Å². The predicted octanol–water partition coefficient (Wildman–Crippen LogP) is 4.93. The maximum atomic E-state index is 12.3. The average Bonchev–Trinajstić information content (AvgIpc) is 2.83. The van der Waals surface area contributed by atoms with Crippen LogP contribution >= 0.6 is 0 Å². The molecule has 2 aromatic rings. The van der Waals surface area contributed by atoms with Crippen molar-refractivity contribution >= 4 is 11.9 Å². The monoisotopic (exact) mass is 499 g/mol. The third-order valence-corrected chi connectivity index (χ3v) is 6.78. The Morgan fingerprint density at radius 2 is 1.53 bits per heavy atom. The number of carbonyl (C=O) groups excluding carboxylic acids is 2. The topological polar surface area (TPSA) is 108 Å². The van der Waals surface area contributed by atoms with Crippen LogP contribution in [-0.2, 0) is 14.9 Å². The van der Waals surface area contributed by atoms with Gasteiger partial charge in [-0.2, -0.15) is 0 Å². The van der Waals surface area contributed by atoms with Crippen molar-refractivity contribution in [3.05, 3.63) is 58.7 Å². The maximum Gasteiger partial charge on any atom is 0.344 e. The minimum atomic E-state index is -0.630. The Morgan fingerprint density at radius 3 is 2.03 bits per heavy atom. The number of primary amides is 1. The highest BCUT2D eigenvalue weighted by atomic mass is 16.6. The number of rotatable bonds is 12. The molecule has 0 radical (unpaired) electrons. The highest BCUT2D eigenvalue weighted by Gasteiger charge is 2.32. The lowest BCUT2D eigenvalue weighted by Crippen LogP contribution is -2.32. The van der Waals surface area contributed by atoms with Gasteiger partial charge in [0.2, 0.25) is 0 Å². The first kappa shape index (κ1) is 29.2. The SMILES string of the molecule is CCOC(=O)COc1ccc(C(CC)(CC)c2ccc(OCC(O)C(C)(C)C)c(C)c2)cc1C(N)=O. The molecule has 0 aliphatic rings. The van der Waals surface area contributed by atoms with Crippen LogP contribution in [0.1, 0.15) is 81.4 Å². The van der Waals surface area contributed by atoms with E-state index in [9.17, 15) is 14.7 Å². The van der Waals surface area contributed by atoms with Gasteiger partial charge in [0.05, 0.1) is 18.3 Å². The van der Waals surface area contributed by atoms with Gasteiger partial charge in [-0.15, -0.1) is 0 Å². The molecular weight excluding hydrogens is 458 g/mol. The summed E-state index contributed by atoms with van der Waals surface area (Å²) < 4.78 is 16.4. The Morgan fingerprint density at radius 1 is 0.944 bits per heavy atom. The van der Waals surface area contributed by atoms with Crippen molar-refractivity contribution in [2.45, 2.75) is 72.8 Å². The van der Waals surface area contributed by atoms with Gasteiger partial charge in [0.1, 0.15) is 18.1 Å². The molecule has 1 atom stereocenters. The Kier molecular flexibility index (Phi) is 9.93. The van der Waals surface area contributed by atoms with Gasteiger partial charge in [-0.25, -0.2) is 4.79 Å². The van der Waals surface area contributed by atoms with E-state index in [-0.39, 0.29) is 42.0 Å². The first-order chi connectivity index (χ1) is 16.9. The number of aryl methyl sites for hydroxylation is 1. The smallest absolute Gasteiger partial charge is 0.344 e. The van der Waals surface area contributed by atoms with Crippen molar-refractivity contribution in [1.82, 2.24) is 0 Å². The van der Waals surface area contributed by atoms with E-state index in [2.05, 4.69) is 19.9 Å². The number of aliphatic hydroxyl groups excluding tert-OH is 1. The van der Waals surface area contributed by atoms with Crippen molar-refractivity contribution in [2.75, 3.05) is 19.8 Å². The second kappa shape index (κ2) is 12.3. The van der Waals surface area contributed by atoms with Gasteiger partial charge in [-0.1, -0.05) is 52.8 Å². The largest absolute Gasteiger partial charge is 0.491 e. The summed E-state index contributed by atoms with van der Waals surface area (Å²) in [7, 11) is 0. The summed E-state index contributed by atoms with van der Waals surface area (Å²) in [6.07, 6.45) is 0.985. The molecule has 198 valence electrons. The number of esters is 1. The molecule has 0 spiro atoms. The van der Waals surface area contributed by atoms with Crippen LogP contribution in [0.2, 0.25) is 0 Å². The van der Waals surface area contributed by atoms with Crippen molar-refractivity contribution in [1.29, 1.82) is 0 Å². The first-order valence-corrected chi connectivity index (χ1v) is 12.5. The Labute approximate surface area is 214 Å². The summed E-state index contributed by atoms with van der Waals surface area (Å²) in [6, 6.07) is 11.4. The number of aliphatic hydroxyl groups is 1. The van der Waals surface area contributed by atoms with Crippen molar-refractivity contribution in [3.8, 4) is 11.5 Å². The van der Waals surface area contributed by atoms with Crippen LogP contribution in [0.15, 0.2) is 36.4 Å². The molecule has 0 aliphatic heterocycles. The minimum absolute atomic E-state index is 0.214. The molecule has 0 bridgehead atoms. The highest BCUT2D eigenvalue weighted by molar-refractivity contribution is 5.96. The van der Waals surface area contributed by atoms with Crippen molar-refractivity contribution in [3.63, 3.8) is 0 Å². The fourth-order valence-corrected chi connectivity index (χ4v) is 4.25. The zero-order valence-corrected chi connectivity index (χ0v) is 22.6. The lowest BCUT2D eigenvalue weighted by Gasteiger charge is -2.34. The van der Waals surface area contributed by atoms with E-state index in [1.54, 1.807) is 19.1 Å². The maximum absolute atomic E-state index is 12.3. The normalized spacial score (nSPS) is 12.7. The number of amides is 1. The second-order valence-electron chi connectivity index (χ2n) is 10.1. The summed E-state index contributed by atoms with van der Waals surface area (Å²) in [6.45, 7) is 14.0. The molecule has 2 aromatic carbocycles. The fraction of sp³-hybridized carbons (Fsp3) is 0.517. The molecule has 0 fully saturated rings. The number of benzene rings is 2. The molecule has 1 amide bonds. The molecule has 1 unspecified atom stereocenters.